The van der Waals surface area contributed by atoms with Gasteiger partial charge in [-0.05, 0) is 31.9 Å². The van der Waals surface area contributed by atoms with Gasteiger partial charge in [-0.1, -0.05) is 12.8 Å². The molecule has 2 aromatic rings. The van der Waals surface area contributed by atoms with E-state index in [4.69, 9.17) is 5.26 Å². The molecule has 0 atom stereocenters. The van der Waals surface area contributed by atoms with Gasteiger partial charge in [0.25, 0.3) is 5.91 Å². The predicted octanol–water partition coefficient (Wildman–Crippen LogP) is 2.83. The van der Waals surface area contributed by atoms with Crippen LogP contribution in [0, 0.1) is 18.3 Å². The quantitative estimate of drug-likeness (QED) is 0.943. The Labute approximate surface area is 128 Å². The van der Waals surface area contributed by atoms with Crippen LogP contribution in [0.2, 0.25) is 0 Å². The Morgan fingerprint density at radius 1 is 1.36 bits per heavy atom. The van der Waals surface area contributed by atoms with Crippen molar-refractivity contribution in [3.8, 4) is 6.07 Å². The molecule has 3 rings (SSSR count). The number of carbonyl (C=O) groups is 1. The molecule has 0 saturated heterocycles. The molecule has 2 heterocycles. The topological polar surface area (TPSA) is 83.6 Å². The zero-order valence-corrected chi connectivity index (χ0v) is 12.4. The number of nitriles is 1. The fourth-order valence-corrected chi connectivity index (χ4v) is 2.80. The van der Waals surface area contributed by atoms with E-state index in [-0.39, 0.29) is 5.91 Å². The smallest absolute Gasteiger partial charge is 0.258 e. The van der Waals surface area contributed by atoms with E-state index in [0.717, 1.165) is 24.2 Å². The summed E-state index contributed by atoms with van der Waals surface area (Å²) >= 11 is 0. The average Bonchev–Trinajstić information content (AvgIpc) is 3.18. The lowest BCUT2D eigenvalue weighted by atomic mass is 10.2. The largest absolute Gasteiger partial charge is 0.306 e. The number of aromatic nitrogens is 3. The second-order valence-electron chi connectivity index (χ2n) is 5.56. The number of nitrogens with zero attached hydrogens (tertiary/aromatic N) is 4. The molecule has 6 heteroatoms. The molecule has 1 amide bonds. The first-order valence-electron chi connectivity index (χ1n) is 7.40. The lowest BCUT2D eigenvalue weighted by Crippen LogP contribution is -2.18. The van der Waals surface area contributed by atoms with Gasteiger partial charge < -0.3 is 5.32 Å². The van der Waals surface area contributed by atoms with E-state index >= 15 is 0 Å². The minimum absolute atomic E-state index is 0.236. The van der Waals surface area contributed by atoms with E-state index in [2.05, 4.69) is 15.4 Å². The summed E-state index contributed by atoms with van der Waals surface area (Å²) in [5.74, 6) is 0.515. The first-order chi connectivity index (χ1) is 10.7. The molecule has 6 nitrogen and oxygen atoms in total. The highest BCUT2D eigenvalue weighted by Gasteiger charge is 2.22. The van der Waals surface area contributed by atoms with E-state index < -0.39 is 0 Å². The molecule has 1 aliphatic rings. The zero-order valence-electron chi connectivity index (χ0n) is 12.4. The predicted molar refractivity (Wildman–Crippen MR) is 81.4 cm³/mol. The molecule has 1 saturated carbocycles. The summed E-state index contributed by atoms with van der Waals surface area (Å²) in [7, 11) is 0. The summed E-state index contributed by atoms with van der Waals surface area (Å²) in [6.45, 7) is 1.94. The molecule has 0 bridgehead atoms. The van der Waals surface area contributed by atoms with Crippen LogP contribution in [0.5, 0.6) is 0 Å². The van der Waals surface area contributed by atoms with Gasteiger partial charge in [0.05, 0.1) is 17.8 Å². The highest BCUT2D eigenvalue weighted by molar-refractivity contribution is 6.03. The Morgan fingerprint density at radius 3 is 2.77 bits per heavy atom. The van der Waals surface area contributed by atoms with Crippen molar-refractivity contribution in [1.29, 1.82) is 5.26 Å². The number of hydrogen-bond donors (Lipinski definition) is 1. The third-order valence-corrected chi connectivity index (χ3v) is 4.02. The lowest BCUT2D eigenvalue weighted by molar-refractivity contribution is 0.102. The van der Waals surface area contributed by atoms with Crippen LogP contribution in [0.15, 0.2) is 24.5 Å². The van der Waals surface area contributed by atoms with E-state index in [1.54, 1.807) is 12.3 Å². The zero-order chi connectivity index (χ0) is 15.5. The molecular formula is C16H17N5O. The fourth-order valence-electron chi connectivity index (χ4n) is 2.80. The van der Waals surface area contributed by atoms with Crippen LogP contribution in [0.1, 0.15) is 53.3 Å². The monoisotopic (exact) mass is 295 g/mol. The van der Waals surface area contributed by atoms with Crippen molar-refractivity contribution in [2.75, 3.05) is 5.32 Å². The molecule has 1 N–H and O–H groups in total. The van der Waals surface area contributed by atoms with Gasteiger partial charge in [-0.25, -0.2) is 9.67 Å². The Kier molecular flexibility index (Phi) is 3.88. The minimum atomic E-state index is -0.236. The van der Waals surface area contributed by atoms with Gasteiger partial charge in [-0.15, -0.1) is 0 Å². The summed E-state index contributed by atoms with van der Waals surface area (Å²) in [5.41, 5.74) is 1.67. The maximum Gasteiger partial charge on any atom is 0.258 e. The van der Waals surface area contributed by atoms with E-state index in [1.807, 2.05) is 17.7 Å². The van der Waals surface area contributed by atoms with E-state index in [1.165, 1.54) is 25.1 Å². The van der Waals surface area contributed by atoms with Crippen molar-refractivity contribution in [3.63, 3.8) is 0 Å². The molecule has 1 fully saturated rings. The fraction of sp³-hybridized carbons (Fsp3) is 0.375. The number of rotatable bonds is 3. The van der Waals surface area contributed by atoms with Gasteiger partial charge in [0.2, 0.25) is 0 Å². The molecule has 1 aliphatic carbocycles. The van der Waals surface area contributed by atoms with Crippen LogP contribution in [-0.2, 0) is 0 Å². The van der Waals surface area contributed by atoms with Gasteiger partial charge in [0, 0.05) is 11.8 Å². The SMILES string of the molecule is Cc1cnn(C2CCCC2)c1NC(=O)c1ccc(C#N)nc1. The van der Waals surface area contributed by atoms with Crippen molar-refractivity contribution in [2.45, 2.75) is 38.6 Å². The summed E-state index contributed by atoms with van der Waals surface area (Å²) in [6.07, 6.45) is 7.81. The molecule has 2 aromatic heterocycles. The number of carbonyl (C=O) groups excluding carboxylic acids is 1. The third-order valence-electron chi connectivity index (χ3n) is 4.02. The molecule has 112 valence electrons. The number of amides is 1. The highest BCUT2D eigenvalue weighted by Crippen LogP contribution is 2.32. The molecule has 0 aliphatic heterocycles. The summed E-state index contributed by atoms with van der Waals surface area (Å²) in [5, 5.41) is 16.1. The van der Waals surface area contributed by atoms with E-state index in [0.29, 0.717) is 17.3 Å². The van der Waals surface area contributed by atoms with Gasteiger partial charge in [-0.3, -0.25) is 4.79 Å². The van der Waals surface area contributed by atoms with Crippen molar-refractivity contribution < 1.29 is 4.79 Å². The number of pyridine rings is 1. The summed E-state index contributed by atoms with van der Waals surface area (Å²) in [6, 6.07) is 5.44. The number of anilines is 1. The van der Waals surface area contributed by atoms with Crippen LogP contribution in [0.3, 0.4) is 0 Å². The molecule has 0 unspecified atom stereocenters. The summed E-state index contributed by atoms with van der Waals surface area (Å²) < 4.78 is 1.93. The molecular weight excluding hydrogens is 278 g/mol. The Hall–Kier alpha value is -2.68. The second kappa shape index (κ2) is 5.98. The summed E-state index contributed by atoms with van der Waals surface area (Å²) in [4.78, 5) is 16.3. The maximum absolute atomic E-state index is 12.4. The van der Waals surface area contributed by atoms with Crippen molar-refractivity contribution in [3.05, 3.63) is 41.3 Å². The number of hydrogen-bond acceptors (Lipinski definition) is 4. The van der Waals surface area contributed by atoms with Gasteiger partial charge in [0.1, 0.15) is 17.6 Å². The molecule has 22 heavy (non-hydrogen) atoms. The number of aryl methyl sites for hydroxylation is 1. The van der Waals surface area contributed by atoms with E-state index in [9.17, 15) is 4.79 Å². The van der Waals surface area contributed by atoms with Crippen LogP contribution in [0.25, 0.3) is 0 Å². The van der Waals surface area contributed by atoms with Crippen LogP contribution < -0.4 is 5.32 Å². The Bertz CT molecular complexity index is 720. The van der Waals surface area contributed by atoms with Gasteiger partial charge >= 0.3 is 0 Å². The normalized spacial score (nSPS) is 14.7. The molecule has 0 radical (unpaired) electrons. The first kappa shape index (κ1) is 14.3. The lowest BCUT2D eigenvalue weighted by Gasteiger charge is -2.15. The number of nitrogens with one attached hydrogen (secondary N) is 1. The Balaban J connectivity index is 1.81. The van der Waals surface area contributed by atoms with Crippen LogP contribution in [-0.4, -0.2) is 20.7 Å². The third kappa shape index (κ3) is 2.70. The van der Waals surface area contributed by atoms with Crippen LogP contribution in [0.4, 0.5) is 5.82 Å². The highest BCUT2D eigenvalue weighted by atomic mass is 16.1. The maximum atomic E-state index is 12.4. The minimum Gasteiger partial charge on any atom is -0.306 e. The van der Waals surface area contributed by atoms with Gasteiger partial charge in [0.15, 0.2) is 0 Å². The van der Waals surface area contributed by atoms with Gasteiger partial charge in [-0.2, -0.15) is 10.4 Å². The van der Waals surface area contributed by atoms with Crippen molar-refractivity contribution >= 4 is 11.7 Å². The average molecular weight is 295 g/mol. The Morgan fingerprint density at radius 2 is 2.14 bits per heavy atom. The molecule has 0 aromatic carbocycles. The standard InChI is InChI=1S/C16H17N5O/c1-11-9-19-21(14-4-2-3-5-14)15(11)20-16(22)12-6-7-13(8-17)18-10-12/h6-7,9-10,14H,2-5H2,1H3,(H,20,22). The molecule has 0 spiro atoms. The van der Waals surface area contributed by atoms with Crippen LogP contribution >= 0.6 is 0 Å². The van der Waals surface area contributed by atoms with Crippen molar-refractivity contribution in [2.24, 2.45) is 0 Å². The van der Waals surface area contributed by atoms with Crippen molar-refractivity contribution in [1.82, 2.24) is 14.8 Å². The second-order valence-corrected chi connectivity index (χ2v) is 5.56. The first-order valence-corrected chi connectivity index (χ1v) is 7.40.